The van der Waals surface area contributed by atoms with E-state index >= 15 is 0 Å². The van der Waals surface area contributed by atoms with Crippen LogP contribution in [0.4, 0.5) is 0 Å². The topological polar surface area (TPSA) is 131 Å². The molecule has 7 rings (SSSR count). The minimum atomic E-state index is -0.802. The van der Waals surface area contributed by atoms with Crippen LogP contribution in [0.15, 0.2) is 12.2 Å². The van der Waals surface area contributed by atoms with E-state index in [4.69, 9.17) is 0 Å². The fraction of sp³-hybridized carbons (Fsp3) is 0.759. The van der Waals surface area contributed by atoms with Gasteiger partial charge < -0.3 is 20.9 Å². The zero-order chi connectivity index (χ0) is 27.0. The van der Waals surface area contributed by atoms with E-state index in [0.717, 1.165) is 25.7 Å². The van der Waals surface area contributed by atoms with E-state index in [9.17, 15) is 24.4 Å². The van der Waals surface area contributed by atoms with Gasteiger partial charge in [0.1, 0.15) is 18.1 Å². The molecule has 0 aromatic rings. The van der Waals surface area contributed by atoms with Crippen LogP contribution in [0.3, 0.4) is 0 Å². The van der Waals surface area contributed by atoms with Crippen molar-refractivity contribution >= 4 is 23.6 Å². The maximum Gasteiger partial charge on any atom is 0.246 e. The summed E-state index contributed by atoms with van der Waals surface area (Å²) in [6.07, 6.45) is 9.03. The second-order valence-corrected chi connectivity index (χ2v) is 13.9. The lowest BCUT2D eigenvalue weighted by molar-refractivity contribution is -0.168. The molecule has 204 valence electrons. The summed E-state index contributed by atoms with van der Waals surface area (Å²) in [6, 6.07) is -0.0748. The quantitative estimate of drug-likeness (QED) is 0.437. The molecular weight excluding hydrogens is 482 g/mol. The summed E-state index contributed by atoms with van der Waals surface area (Å²) in [6.45, 7) is 6.92. The van der Waals surface area contributed by atoms with Crippen LogP contribution in [0.1, 0.15) is 59.3 Å². The van der Waals surface area contributed by atoms with E-state index in [2.05, 4.69) is 34.2 Å². The maximum absolute atomic E-state index is 14.2. The first-order chi connectivity index (χ1) is 18.0. The molecule has 2 saturated heterocycles. The number of nitrogens with one attached hydrogen (secondary N) is 3. The van der Waals surface area contributed by atoms with Crippen molar-refractivity contribution in [1.82, 2.24) is 20.9 Å². The third-order valence-corrected chi connectivity index (χ3v) is 10.4. The first kappa shape index (κ1) is 25.4. The number of carbonyl (C=O) groups excluding carboxylic acids is 4. The van der Waals surface area contributed by atoms with Crippen molar-refractivity contribution in [2.45, 2.75) is 77.4 Å². The number of fused-ring (bicyclic) bond motifs is 5. The minimum absolute atomic E-state index is 0.00277. The summed E-state index contributed by atoms with van der Waals surface area (Å²) in [5.74, 6) is 0.470. The standard InChI is InChI=1S/C29H39N5O4/c1-28(2,3)23(33-27(38)29-10-15(11-29)12-29)26(37)34-14-20-16-4-5-17(8-16)21(20)22(34)25(36)32-19(13-30)9-18-6-7-31-24(18)35/h4-5,15-23H,6-12,14H2,1-3H3,(H,31,35)(H,32,36)(H,33,38)/t15?,16?,17?,18-,19-,20?,21?,22-,23?,29?/m0/s1. The Hall–Kier alpha value is -2.89. The van der Waals surface area contributed by atoms with Crippen molar-refractivity contribution in [3.05, 3.63) is 12.2 Å². The highest BCUT2D eigenvalue weighted by molar-refractivity contribution is 5.95. The summed E-state index contributed by atoms with van der Waals surface area (Å²) in [5, 5.41) is 18.6. The number of hydrogen-bond donors (Lipinski definition) is 3. The lowest BCUT2D eigenvalue weighted by Gasteiger charge is -2.60. The molecule has 0 radical (unpaired) electrons. The number of amides is 4. The van der Waals surface area contributed by atoms with Crippen molar-refractivity contribution < 1.29 is 19.2 Å². The van der Waals surface area contributed by atoms with Crippen molar-refractivity contribution in [2.75, 3.05) is 13.1 Å². The normalized spacial score (nSPS) is 39.4. The number of carbonyl (C=O) groups is 4. The largest absolute Gasteiger partial charge is 0.356 e. The number of nitriles is 1. The first-order valence-electron chi connectivity index (χ1n) is 14.3. The maximum atomic E-state index is 14.2. The fourth-order valence-corrected chi connectivity index (χ4v) is 8.19. The third kappa shape index (κ3) is 3.94. The Morgan fingerprint density at radius 2 is 1.89 bits per heavy atom. The molecule has 7 aliphatic rings. The zero-order valence-corrected chi connectivity index (χ0v) is 22.5. The average molecular weight is 522 g/mol. The van der Waals surface area contributed by atoms with E-state index in [-0.39, 0.29) is 59.1 Å². The predicted molar refractivity (Wildman–Crippen MR) is 138 cm³/mol. The molecule has 2 aliphatic heterocycles. The average Bonchev–Trinajstić information content (AvgIpc) is 3.56. The molecule has 0 aromatic heterocycles. The number of hydrogen-bond acceptors (Lipinski definition) is 5. The molecule has 4 amide bonds. The van der Waals surface area contributed by atoms with Gasteiger partial charge in [0.15, 0.2) is 0 Å². The van der Waals surface area contributed by atoms with Crippen LogP contribution in [0.2, 0.25) is 0 Å². The minimum Gasteiger partial charge on any atom is -0.356 e. The van der Waals surface area contributed by atoms with Gasteiger partial charge >= 0.3 is 0 Å². The van der Waals surface area contributed by atoms with Gasteiger partial charge in [0.05, 0.1) is 6.07 Å². The number of likely N-dealkylation sites (tertiary alicyclic amines) is 1. The van der Waals surface area contributed by atoms with Crippen molar-refractivity contribution in [2.24, 2.45) is 46.3 Å². The Balaban J connectivity index is 1.23. The van der Waals surface area contributed by atoms with E-state index in [0.29, 0.717) is 31.3 Å². The molecule has 8 atom stereocenters. The van der Waals surface area contributed by atoms with Crippen molar-refractivity contribution in [1.29, 1.82) is 5.26 Å². The Labute approximate surface area is 224 Å². The Bertz CT molecular complexity index is 1120. The van der Waals surface area contributed by atoms with Crippen LogP contribution >= 0.6 is 0 Å². The third-order valence-electron chi connectivity index (χ3n) is 10.4. The van der Waals surface area contributed by atoms with Crippen molar-refractivity contribution in [3.8, 4) is 6.07 Å². The molecule has 38 heavy (non-hydrogen) atoms. The van der Waals surface area contributed by atoms with Gasteiger partial charge in [0, 0.05) is 24.4 Å². The fourth-order valence-electron chi connectivity index (χ4n) is 8.19. The van der Waals surface area contributed by atoms with Gasteiger partial charge in [0.25, 0.3) is 0 Å². The summed E-state index contributed by atoms with van der Waals surface area (Å²) in [7, 11) is 0. The van der Waals surface area contributed by atoms with E-state index < -0.39 is 23.5 Å². The van der Waals surface area contributed by atoms with Gasteiger partial charge in [-0.15, -0.1) is 0 Å². The van der Waals surface area contributed by atoms with Crippen LogP contribution in [0.25, 0.3) is 0 Å². The molecule has 5 unspecified atom stereocenters. The van der Waals surface area contributed by atoms with E-state index in [1.165, 1.54) is 0 Å². The van der Waals surface area contributed by atoms with Crippen LogP contribution in [0, 0.1) is 57.7 Å². The Kier molecular flexibility index (Phi) is 5.89. The molecule has 5 aliphatic carbocycles. The van der Waals surface area contributed by atoms with Gasteiger partial charge in [-0.25, -0.2) is 0 Å². The second kappa shape index (κ2) is 8.82. The lowest BCUT2D eigenvalue weighted by atomic mass is 9.44. The number of nitrogens with zero attached hydrogens (tertiary/aromatic N) is 2. The van der Waals surface area contributed by atoms with Crippen LogP contribution in [-0.4, -0.2) is 59.7 Å². The summed E-state index contributed by atoms with van der Waals surface area (Å²) >= 11 is 0. The highest BCUT2D eigenvalue weighted by Crippen LogP contribution is 2.64. The molecule has 2 heterocycles. The van der Waals surface area contributed by atoms with Crippen LogP contribution in [0.5, 0.6) is 0 Å². The SMILES string of the molecule is CC(C)(C)C(NC(=O)C12CC(C1)C2)C(=O)N1CC2C3C=CC(C3)C2[C@H]1C(=O)N[C@H](C#N)C[C@@H]1CCNC1=O. The number of allylic oxidation sites excluding steroid dienone is 2. The molecule has 9 heteroatoms. The predicted octanol–water partition coefficient (Wildman–Crippen LogP) is 1.50. The van der Waals surface area contributed by atoms with Gasteiger partial charge in [-0.2, -0.15) is 5.26 Å². The Morgan fingerprint density at radius 1 is 1.18 bits per heavy atom. The van der Waals surface area contributed by atoms with Gasteiger partial charge in [-0.1, -0.05) is 32.9 Å². The molecular formula is C29H39N5O4. The summed E-state index contributed by atoms with van der Waals surface area (Å²) in [4.78, 5) is 55.1. The summed E-state index contributed by atoms with van der Waals surface area (Å²) < 4.78 is 0. The Morgan fingerprint density at radius 3 is 2.47 bits per heavy atom. The monoisotopic (exact) mass is 521 g/mol. The van der Waals surface area contributed by atoms with Gasteiger partial charge in [-0.3, -0.25) is 19.2 Å². The lowest BCUT2D eigenvalue weighted by Crippen LogP contribution is -2.65. The highest BCUT2D eigenvalue weighted by Gasteiger charge is 2.63. The van der Waals surface area contributed by atoms with Crippen molar-refractivity contribution in [3.63, 3.8) is 0 Å². The second-order valence-electron chi connectivity index (χ2n) is 13.9. The number of rotatable bonds is 7. The summed E-state index contributed by atoms with van der Waals surface area (Å²) in [5.41, 5.74) is -0.834. The molecule has 4 saturated carbocycles. The highest BCUT2D eigenvalue weighted by atomic mass is 16.2. The molecule has 0 spiro atoms. The van der Waals surface area contributed by atoms with Crippen LogP contribution < -0.4 is 16.0 Å². The molecule has 4 bridgehead atoms. The molecule has 0 aromatic carbocycles. The zero-order valence-electron chi connectivity index (χ0n) is 22.5. The van der Waals surface area contributed by atoms with Gasteiger partial charge in [-0.05, 0) is 73.5 Å². The smallest absolute Gasteiger partial charge is 0.246 e. The molecule has 3 N–H and O–H groups in total. The van der Waals surface area contributed by atoms with Gasteiger partial charge in [0.2, 0.25) is 23.6 Å². The van der Waals surface area contributed by atoms with E-state index in [1.54, 1.807) is 4.90 Å². The molecule has 6 fully saturated rings. The first-order valence-corrected chi connectivity index (χ1v) is 14.3. The molecule has 9 nitrogen and oxygen atoms in total. The van der Waals surface area contributed by atoms with Crippen LogP contribution in [-0.2, 0) is 19.2 Å². The van der Waals surface area contributed by atoms with E-state index in [1.807, 2.05) is 20.8 Å².